The molecule has 0 amide bonds. The predicted molar refractivity (Wildman–Crippen MR) is 133 cm³/mol. The normalized spacial score (nSPS) is 15.6. The van der Waals surface area contributed by atoms with Crippen molar-refractivity contribution in [3.05, 3.63) is 65.8 Å². The Morgan fingerprint density at radius 3 is 2.44 bits per heavy atom. The summed E-state index contributed by atoms with van der Waals surface area (Å²) < 4.78 is 12.0. The first-order valence-electron chi connectivity index (χ1n) is 11.8. The van der Waals surface area contributed by atoms with E-state index in [-0.39, 0.29) is 6.17 Å². The second kappa shape index (κ2) is 11.6. The van der Waals surface area contributed by atoms with E-state index in [9.17, 15) is 4.91 Å². The minimum Gasteiger partial charge on any atom is -0.477 e. The molecule has 2 aromatic carbocycles. The summed E-state index contributed by atoms with van der Waals surface area (Å²) in [6.07, 6.45) is 4.89. The maximum atomic E-state index is 11.2. The Morgan fingerprint density at radius 2 is 1.76 bits per heavy atom. The standard InChI is InChI=1S/C26H31N5O3/c1-2-6-23(30-32)31-15-13-19(14-16-31)17-33-26-24(25(27)28-18-29-26)20-9-11-22(12-10-20)34-21-7-4-3-5-8-21/h3-5,7-12,18-19,23H,2,6,13-17H2,1H3,(H2,27,28,29). The Bertz CT molecular complexity index is 1050. The van der Waals surface area contributed by atoms with Gasteiger partial charge in [-0.05, 0) is 55.0 Å². The van der Waals surface area contributed by atoms with Crippen LogP contribution >= 0.6 is 0 Å². The van der Waals surface area contributed by atoms with Gasteiger partial charge in [-0.15, -0.1) is 4.91 Å². The molecule has 2 heterocycles. The summed E-state index contributed by atoms with van der Waals surface area (Å²) in [5.74, 6) is 2.74. The van der Waals surface area contributed by atoms with Crippen LogP contribution < -0.4 is 15.2 Å². The van der Waals surface area contributed by atoms with Gasteiger partial charge in [0.25, 0.3) is 0 Å². The highest BCUT2D eigenvalue weighted by atomic mass is 16.5. The molecular formula is C26H31N5O3. The van der Waals surface area contributed by atoms with Crippen molar-refractivity contribution in [2.75, 3.05) is 25.4 Å². The van der Waals surface area contributed by atoms with Crippen LogP contribution in [0.3, 0.4) is 0 Å². The summed E-state index contributed by atoms with van der Waals surface area (Å²) in [4.78, 5) is 21.9. The Labute approximate surface area is 200 Å². The Balaban J connectivity index is 1.39. The molecule has 0 spiro atoms. The number of hydrogen-bond donors (Lipinski definition) is 1. The van der Waals surface area contributed by atoms with E-state index in [0.29, 0.717) is 29.8 Å². The van der Waals surface area contributed by atoms with Crippen molar-refractivity contribution in [2.45, 2.75) is 38.8 Å². The highest BCUT2D eigenvalue weighted by molar-refractivity contribution is 5.78. The van der Waals surface area contributed by atoms with Gasteiger partial charge in [-0.1, -0.05) is 48.9 Å². The molecule has 1 saturated heterocycles. The Hall–Kier alpha value is -3.52. The number of aromatic nitrogens is 2. The number of benzene rings is 2. The van der Waals surface area contributed by atoms with E-state index in [4.69, 9.17) is 15.2 Å². The van der Waals surface area contributed by atoms with E-state index in [1.807, 2.05) is 54.6 Å². The van der Waals surface area contributed by atoms with Crippen molar-refractivity contribution in [1.82, 2.24) is 14.9 Å². The molecule has 1 unspecified atom stereocenters. The van der Waals surface area contributed by atoms with Gasteiger partial charge in [0.15, 0.2) is 0 Å². The van der Waals surface area contributed by atoms with Crippen LogP contribution in [0.4, 0.5) is 5.82 Å². The smallest absolute Gasteiger partial charge is 0.226 e. The molecule has 0 aliphatic carbocycles. The van der Waals surface area contributed by atoms with Crippen molar-refractivity contribution < 1.29 is 9.47 Å². The number of hydrogen-bond acceptors (Lipinski definition) is 8. The maximum Gasteiger partial charge on any atom is 0.226 e. The molecule has 1 atom stereocenters. The number of likely N-dealkylation sites (tertiary alicyclic amines) is 1. The predicted octanol–water partition coefficient (Wildman–Crippen LogP) is 5.50. The lowest BCUT2D eigenvalue weighted by Gasteiger charge is -2.34. The summed E-state index contributed by atoms with van der Waals surface area (Å²) in [7, 11) is 0. The van der Waals surface area contributed by atoms with Crippen LogP contribution in [-0.2, 0) is 0 Å². The third-order valence-corrected chi connectivity index (χ3v) is 6.16. The summed E-state index contributed by atoms with van der Waals surface area (Å²) in [6.45, 7) is 4.32. The van der Waals surface area contributed by atoms with Crippen molar-refractivity contribution >= 4 is 5.82 Å². The summed E-state index contributed by atoms with van der Waals surface area (Å²) in [5, 5.41) is 3.31. The second-order valence-corrected chi connectivity index (χ2v) is 8.54. The van der Waals surface area contributed by atoms with Gasteiger partial charge >= 0.3 is 0 Å². The molecule has 4 rings (SSSR count). The first kappa shape index (κ1) is 23.6. The summed E-state index contributed by atoms with van der Waals surface area (Å²) >= 11 is 0. The first-order valence-corrected chi connectivity index (χ1v) is 11.8. The average molecular weight is 462 g/mol. The van der Waals surface area contributed by atoms with Crippen molar-refractivity contribution in [3.8, 4) is 28.5 Å². The van der Waals surface area contributed by atoms with Gasteiger partial charge in [-0.3, -0.25) is 4.90 Å². The highest BCUT2D eigenvalue weighted by Crippen LogP contribution is 2.34. The number of nitrogens with two attached hydrogens (primary N) is 1. The van der Waals surface area contributed by atoms with E-state index in [1.165, 1.54) is 6.33 Å². The molecule has 8 heteroatoms. The number of anilines is 1. The maximum absolute atomic E-state index is 11.2. The molecule has 8 nitrogen and oxygen atoms in total. The van der Waals surface area contributed by atoms with Crippen LogP contribution in [-0.4, -0.2) is 40.7 Å². The highest BCUT2D eigenvalue weighted by Gasteiger charge is 2.26. The fourth-order valence-corrected chi connectivity index (χ4v) is 4.25. The number of nitroso groups, excluding NO2 is 1. The largest absolute Gasteiger partial charge is 0.477 e. The van der Waals surface area contributed by atoms with Crippen LogP contribution in [0.25, 0.3) is 11.1 Å². The van der Waals surface area contributed by atoms with Crippen LogP contribution in [0.1, 0.15) is 32.6 Å². The SMILES string of the molecule is CCCC(N=O)N1CCC(COc2ncnc(N)c2-c2ccc(Oc3ccccc3)cc2)CC1. The number of para-hydroxylation sites is 1. The zero-order valence-electron chi connectivity index (χ0n) is 19.5. The van der Waals surface area contributed by atoms with E-state index in [0.717, 1.165) is 55.8 Å². The number of rotatable bonds is 10. The van der Waals surface area contributed by atoms with Crippen molar-refractivity contribution in [2.24, 2.45) is 11.1 Å². The first-order chi connectivity index (χ1) is 16.7. The van der Waals surface area contributed by atoms with Gasteiger partial charge in [0, 0.05) is 13.1 Å². The van der Waals surface area contributed by atoms with Gasteiger partial charge in [-0.25, -0.2) is 9.97 Å². The topological polar surface area (TPSA) is 103 Å². The Morgan fingerprint density at radius 1 is 1.06 bits per heavy atom. The van der Waals surface area contributed by atoms with Gasteiger partial charge in [0.2, 0.25) is 5.88 Å². The van der Waals surface area contributed by atoms with E-state index >= 15 is 0 Å². The minimum atomic E-state index is -0.214. The average Bonchev–Trinajstić information content (AvgIpc) is 2.88. The van der Waals surface area contributed by atoms with E-state index in [1.54, 1.807) is 0 Å². The lowest BCUT2D eigenvalue weighted by molar-refractivity contribution is 0.103. The third kappa shape index (κ3) is 5.88. The van der Waals surface area contributed by atoms with Gasteiger partial charge in [0.1, 0.15) is 29.8 Å². The molecule has 0 saturated carbocycles. The zero-order chi connectivity index (χ0) is 23.8. The van der Waals surface area contributed by atoms with Crippen LogP contribution in [0.2, 0.25) is 0 Å². The summed E-state index contributed by atoms with van der Waals surface area (Å²) in [6, 6.07) is 17.3. The quantitative estimate of drug-likeness (QED) is 0.398. The third-order valence-electron chi connectivity index (χ3n) is 6.16. The molecular weight excluding hydrogens is 430 g/mol. The molecule has 1 aliphatic rings. The molecule has 0 radical (unpaired) electrons. The zero-order valence-corrected chi connectivity index (χ0v) is 19.5. The van der Waals surface area contributed by atoms with Gasteiger partial charge in [0.05, 0.1) is 12.2 Å². The molecule has 0 bridgehead atoms. The lowest BCUT2D eigenvalue weighted by Crippen LogP contribution is -2.41. The molecule has 1 fully saturated rings. The molecule has 1 aromatic heterocycles. The Kier molecular flexibility index (Phi) is 8.04. The minimum absolute atomic E-state index is 0.214. The molecule has 2 N–H and O–H groups in total. The number of nitrogen functional groups attached to an aromatic ring is 1. The van der Waals surface area contributed by atoms with E-state index < -0.39 is 0 Å². The van der Waals surface area contributed by atoms with Crippen molar-refractivity contribution in [3.63, 3.8) is 0 Å². The monoisotopic (exact) mass is 461 g/mol. The summed E-state index contributed by atoms with van der Waals surface area (Å²) in [5.41, 5.74) is 7.75. The molecule has 3 aromatic rings. The lowest BCUT2D eigenvalue weighted by atomic mass is 9.97. The molecule has 1 aliphatic heterocycles. The van der Waals surface area contributed by atoms with Gasteiger partial charge < -0.3 is 15.2 Å². The van der Waals surface area contributed by atoms with E-state index in [2.05, 4.69) is 27.0 Å². The van der Waals surface area contributed by atoms with Crippen molar-refractivity contribution in [1.29, 1.82) is 0 Å². The fourth-order valence-electron chi connectivity index (χ4n) is 4.25. The number of ether oxygens (including phenoxy) is 2. The van der Waals surface area contributed by atoms with Crippen LogP contribution in [0.5, 0.6) is 17.4 Å². The fraction of sp³-hybridized carbons (Fsp3) is 0.385. The van der Waals surface area contributed by atoms with Gasteiger partial charge in [-0.2, -0.15) is 0 Å². The number of piperidine rings is 1. The second-order valence-electron chi connectivity index (χ2n) is 8.54. The molecule has 178 valence electrons. The van der Waals surface area contributed by atoms with Crippen LogP contribution in [0.15, 0.2) is 66.1 Å². The molecule has 34 heavy (non-hydrogen) atoms. The number of nitrogens with zero attached hydrogens (tertiary/aromatic N) is 4. The van der Waals surface area contributed by atoms with Crippen LogP contribution in [0, 0.1) is 10.8 Å².